The molecule has 2 atom stereocenters. The Morgan fingerprint density at radius 1 is 1.33 bits per heavy atom. The van der Waals surface area contributed by atoms with Crippen LogP contribution in [0, 0.1) is 6.92 Å². The first-order chi connectivity index (χ1) is 10.3. The monoisotopic (exact) mass is 291 g/mol. The normalized spacial score (nSPS) is 20.2. The average molecular weight is 291 g/mol. The summed E-state index contributed by atoms with van der Waals surface area (Å²) in [5.41, 5.74) is 2.52. The predicted molar refractivity (Wildman–Crippen MR) is 87.0 cm³/mol. The molecule has 1 aliphatic heterocycles. The SMILES string of the molecule is CCCNC(c1cc(C)ccc1OCC)C1CCCCO1. The van der Waals surface area contributed by atoms with Gasteiger partial charge >= 0.3 is 0 Å². The first kappa shape index (κ1) is 16.3. The number of ether oxygens (including phenoxy) is 2. The molecule has 1 N–H and O–H groups in total. The van der Waals surface area contributed by atoms with E-state index >= 15 is 0 Å². The number of aryl methyl sites for hydroxylation is 1. The largest absolute Gasteiger partial charge is 0.494 e. The van der Waals surface area contributed by atoms with Crippen LogP contribution >= 0.6 is 0 Å². The molecule has 118 valence electrons. The lowest BCUT2D eigenvalue weighted by Gasteiger charge is -2.32. The van der Waals surface area contributed by atoms with Crippen molar-refractivity contribution < 1.29 is 9.47 Å². The van der Waals surface area contributed by atoms with Crippen molar-refractivity contribution in [2.45, 2.75) is 58.6 Å². The molecule has 0 spiro atoms. The number of benzene rings is 1. The Kier molecular flexibility index (Phi) is 6.52. The molecule has 0 aliphatic carbocycles. The van der Waals surface area contributed by atoms with Crippen LogP contribution < -0.4 is 10.1 Å². The van der Waals surface area contributed by atoms with E-state index < -0.39 is 0 Å². The van der Waals surface area contributed by atoms with Crippen molar-refractivity contribution in [1.29, 1.82) is 0 Å². The minimum Gasteiger partial charge on any atom is -0.494 e. The van der Waals surface area contributed by atoms with Crippen molar-refractivity contribution in [3.05, 3.63) is 29.3 Å². The van der Waals surface area contributed by atoms with Crippen LogP contribution in [0.5, 0.6) is 5.75 Å². The molecule has 2 rings (SSSR count). The number of hydrogen-bond donors (Lipinski definition) is 1. The van der Waals surface area contributed by atoms with Crippen LogP contribution in [0.3, 0.4) is 0 Å². The Morgan fingerprint density at radius 2 is 2.19 bits per heavy atom. The van der Waals surface area contributed by atoms with Gasteiger partial charge in [-0.05, 0) is 52.1 Å². The van der Waals surface area contributed by atoms with E-state index in [9.17, 15) is 0 Å². The molecular weight excluding hydrogens is 262 g/mol. The van der Waals surface area contributed by atoms with Crippen LogP contribution in [0.2, 0.25) is 0 Å². The summed E-state index contributed by atoms with van der Waals surface area (Å²) in [7, 11) is 0. The summed E-state index contributed by atoms with van der Waals surface area (Å²) < 4.78 is 11.9. The molecule has 0 amide bonds. The van der Waals surface area contributed by atoms with Gasteiger partial charge in [0.2, 0.25) is 0 Å². The second kappa shape index (κ2) is 8.40. The Labute approximate surface area is 129 Å². The van der Waals surface area contributed by atoms with Crippen LogP contribution in [-0.4, -0.2) is 25.9 Å². The standard InChI is InChI=1S/C18H29NO2/c1-4-11-19-18(17-8-6-7-12-21-17)15-13-14(3)9-10-16(15)20-5-2/h9-10,13,17-19H,4-8,11-12H2,1-3H3. The van der Waals surface area contributed by atoms with Gasteiger partial charge in [-0.2, -0.15) is 0 Å². The highest BCUT2D eigenvalue weighted by atomic mass is 16.5. The van der Waals surface area contributed by atoms with Gasteiger partial charge in [0.1, 0.15) is 5.75 Å². The van der Waals surface area contributed by atoms with Crippen LogP contribution in [-0.2, 0) is 4.74 Å². The molecule has 1 heterocycles. The zero-order valence-electron chi connectivity index (χ0n) is 13.7. The second-order valence-electron chi connectivity index (χ2n) is 5.81. The van der Waals surface area contributed by atoms with Gasteiger partial charge in [-0.25, -0.2) is 0 Å². The number of hydrogen-bond acceptors (Lipinski definition) is 3. The maximum atomic E-state index is 6.05. The van der Waals surface area contributed by atoms with E-state index in [1.807, 2.05) is 6.92 Å². The fourth-order valence-electron chi connectivity index (χ4n) is 2.97. The minimum atomic E-state index is 0.228. The lowest BCUT2D eigenvalue weighted by molar-refractivity contribution is -0.00868. The van der Waals surface area contributed by atoms with E-state index in [1.165, 1.54) is 24.0 Å². The maximum absolute atomic E-state index is 6.05. The third-order valence-corrected chi connectivity index (χ3v) is 4.00. The summed E-state index contributed by atoms with van der Waals surface area (Å²) in [6.07, 6.45) is 4.94. The smallest absolute Gasteiger partial charge is 0.124 e. The van der Waals surface area contributed by atoms with E-state index in [0.29, 0.717) is 6.61 Å². The van der Waals surface area contributed by atoms with Crippen LogP contribution in [0.15, 0.2) is 18.2 Å². The van der Waals surface area contributed by atoms with E-state index in [4.69, 9.17) is 9.47 Å². The average Bonchev–Trinajstić information content (AvgIpc) is 2.51. The Balaban J connectivity index is 2.27. The summed E-state index contributed by atoms with van der Waals surface area (Å²) in [5.74, 6) is 0.992. The molecule has 1 fully saturated rings. The highest BCUT2D eigenvalue weighted by Gasteiger charge is 2.27. The summed E-state index contributed by atoms with van der Waals surface area (Å²) in [6.45, 7) is 8.95. The molecule has 21 heavy (non-hydrogen) atoms. The zero-order chi connectivity index (χ0) is 15.1. The van der Waals surface area contributed by atoms with E-state index in [2.05, 4.69) is 37.4 Å². The molecule has 1 aliphatic rings. The molecule has 1 aromatic rings. The van der Waals surface area contributed by atoms with E-state index in [-0.39, 0.29) is 12.1 Å². The van der Waals surface area contributed by atoms with Gasteiger partial charge < -0.3 is 14.8 Å². The van der Waals surface area contributed by atoms with Crippen molar-refractivity contribution in [3.63, 3.8) is 0 Å². The number of rotatable bonds is 7. The summed E-state index contributed by atoms with van der Waals surface area (Å²) >= 11 is 0. The highest BCUT2D eigenvalue weighted by Crippen LogP contribution is 2.33. The van der Waals surface area contributed by atoms with Crippen LogP contribution in [0.25, 0.3) is 0 Å². The van der Waals surface area contributed by atoms with Gasteiger partial charge in [0, 0.05) is 12.2 Å². The van der Waals surface area contributed by atoms with Gasteiger partial charge in [-0.15, -0.1) is 0 Å². The zero-order valence-corrected chi connectivity index (χ0v) is 13.7. The lowest BCUT2D eigenvalue weighted by atomic mass is 9.93. The van der Waals surface area contributed by atoms with E-state index in [1.54, 1.807) is 0 Å². The predicted octanol–water partition coefficient (Wildman–Crippen LogP) is 4.00. The molecular formula is C18H29NO2. The molecule has 1 aromatic carbocycles. The second-order valence-corrected chi connectivity index (χ2v) is 5.81. The van der Waals surface area contributed by atoms with Crippen molar-refractivity contribution >= 4 is 0 Å². The van der Waals surface area contributed by atoms with Crippen molar-refractivity contribution in [3.8, 4) is 5.75 Å². The summed E-state index contributed by atoms with van der Waals surface area (Å²) in [4.78, 5) is 0. The molecule has 2 unspecified atom stereocenters. The fraction of sp³-hybridized carbons (Fsp3) is 0.667. The van der Waals surface area contributed by atoms with Gasteiger partial charge in [0.15, 0.2) is 0 Å². The Morgan fingerprint density at radius 3 is 2.86 bits per heavy atom. The van der Waals surface area contributed by atoms with Crippen molar-refractivity contribution in [2.75, 3.05) is 19.8 Å². The number of nitrogens with one attached hydrogen (secondary N) is 1. The Hall–Kier alpha value is -1.06. The molecule has 1 saturated heterocycles. The van der Waals surface area contributed by atoms with Crippen LogP contribution in [0.4, 0.5) is 0 Å². The summed E-state index contributed by atoms with van der Waals surface area (Å²) in [5, 5.41) is 3.68. The maximum Gasteiger partial charge on any atom is 0.124 e. The first-order valence-corrected chi connectivity index (χ1v) is 8.34. The molecule has 0 bridgehead atoms. The quantitative estimate of drug-likeness (QED) is 0.823. The molecule has 3 nitrogen and oxygen atoms in total. The van der Waals surface area contributed by atoms with E-state index in [0.717, 1.165) is 31.7 Å². The molecule has 0 aromatic heterocycles. The molecule has 0 saturated carbocycles. The van der Waals surface area contributed by atoms with Crippen molar-refractivity contribution in [2.24, 2.45) is 0 Å². The Bertz CT molecular complexity index is 427. The van der Waals surface area contributed by atoms with Gasteiger partial charge in [0.25, 0.3) is 0 Å². The minimum absolute atomic E-state index is 0.228. The lowest BCUT2D eigenvalue weighted by Crippen LogP contribution is -2.36. The first-order valence-electron chi connectivity index (χ1n) is 8.34. The van der Waals surface area contributed by atoms with Crippen molar-refractivity contribution in [1.82, 2.24) is 5.32 Å². The third-order valence-electron chi connectivity index (χ3n) is 4.00. The fourth-order valence-corrected chi connectivity index (χ4v) is 2.97. The topological polar surface area (TPSA) is 30.5 Å². The highest BCUT2D eigenvalue weighted by molar-refractivity contribution is 5.40. The van der Waals surface area contributed by atoms with Crippen LogP contribution in [0.1, 0.15) is 56.7 Å². The third kappa shape index (κ3) is 4.45. The molecule has 0 radical (unpaired) electrons. The van der Waals surface area contributed by atoms with Gasteiger partial charge in [0.05, 0.1) is 18.8 Å². The molecule has 3 heteroatoms. The van der Waals surface area contributed by atoms with Gasteiger partial charge in [-0.3, -0.25) is 0 Å². The summed E-state index contributed by atoms with van der Waals surface area (Å²) in [6, 6.07) is 6.69. The van der Waals surface area contributed by atoms with Gasteiger partial charge in [-0.1, -0.05) is 24.6 Å².